The number of amides is 1. The number of carbonyl (C=O) groups excluding carboxylic acids is 1. The van der Waals surface area contributed by atoms with Gasteiger partial charge in [0.2, 0.25) is 0 Å². The van der Waals surface area contributed by atoms with Gasteiger partial charge in [-0.3, -0.25) is 10.1 Å². The molecule has 2 aromatic carbocycles. The Balaban J connectivity index is 1.81. The van der Waals surface area contributed by atoms with Crippen molar-refractivity contribution in [3.05, 3.63) is 59.0 Å². The van der Waals surface area contributed by atoms with Crippen molar-refractivity contribution < 1.29 is 14.3 Å². The van der Waals surface area contributed by atoms with Crippen LogP contribution < -0.4 is 14.8 Å². The molecule has 5 nitrogen and oxygen atoms in total. The van der Waals surface area contributed by atoms with E-state index in [4.69, 9.17) is 9.47 Å². The topological polar surface area (TPSA) is 60.5 Å². The van der Waals surface area contributed by atoms with Gasteiger partial charge in [-0.1, -0.05) is 44.2 Å². The number of thiazole rings is 1. The fourth-order valence-corrected chi connectivity index (χ4v) is 3.45. The molecule has 0 saturated carbocycles. The molecule has 1 aromatic heterocycles. The van der Waals surface area contributed by atoms with Gasteiger partial charge in [-0.05, 0) is 23.6 Å². The zero-order valence-electron chi connectivity index (χ0n) is 15.8. The molecule has 140 valence electrons. The zero-order valence-corrected chi connectivity index (χ0v) is 16.6. The molecule has 0 aliphatic heterocycles. The lowest BCUT2D eigenvalue weighted by Crippen LogP contribution is -2.14. The third kappa shape index (κ3) is 4.11. The highest BCUT2D eigenvalue weighted by molar-refractivity contribution is 7.14. The third-order valence-corrected chi connectivity index (χ3v) is 5.01. The van der Waals surface area contributed by atoms with Crippen LogP contribution in [0.3, 0.4) is 0 Å². The first-order valence-electron chi connectivity index (χ1n) is 8.61. The van der Waals surface area contributed by atoms with Crippen molar-refractivity contribution in [1.82, 2.24) is 4.98 Å². The lowest BCUT2D eigenvalue weighted by molar-refractivity contribution is 0.102. The smallest absolute Gasteiger partial charge is 0.265 e. The summed E-state index contributed by atoms with van der Waals surface area (Å²) in [5.41, 5.74) is 3.48. The van der Waals surface area contributed by atoms with E-state index in [-0.39, 0.29) is 5.91 Å². The average molecular weight is 382 g/mol. The summed E-state index contributed by atoms with van der Waals surface area (Å²) in [6, 6.07) is 13.5. The Bertz CT molecular complexity index is 911. The first kappa shape index (κ1) is 18.9. The summed E-state index contributed by atoms with van der Waals surface area (Å²) in [5, 5.41) is 5.29. The van der Waals surface area contributed by atoms with E-state index >= 15 is 0 Å². The molecule has 0 aliphatic carbocycles. The lowest BCUT2D eigenvalue weighted by Gasteiger charge is -2.11. The van der Waals surface area contributed by atoms with E-state index in [1.54, 1.807) is 18.2 Å². The van der Waals surface area contributed by atoms with Crippen molar-refractivity contribution in [2.45, 2.75) is 19.8 Å². The molecule has 6 heteroatoms. The van der Waals surface area contributed by atoms with Gasteiger partial charge in [0.05, 0.1) is 19.9 Å². The molecule has 0 unspecified atom stereocenters. The Labute approximate surface area is 163 Å². The molecule has 3 rings (SSSR count). The minimum absolute atomic E-state index is 0.319. The normalized spacial score (nSPS) is 10.7. The second-order valence-corrected chi connectivity index (χ2v) is 7.16. The van der Waals surface area contributed by atoms with Crippen LogP contribution in [0.1, 0.15) is 35.7 Å². The van der Waals surface area contributed by atoms with Crippen LogP contribution in [-0.4, -0.2) is 25.1 Å². The molecule has 0 atom stereocenters. The molecule has 1 heterocycles. The number of rotatable bonds is 6. The largest absolute Gasteiger partial charge is 0.496 e. The standard InChI is InChI=1S/C21H22N2O3S/c1-13(2)14-8-10-15(11-9-14)16-12-27-21(22-16)23-20(24)19-17(25-3)6-5-7-18(19)26-4/h5-13H,1-4H3,(H,22,23,24). The van der Waals surface area contributed by atoms with Crippen LogP contribution >= 0.6 is 11.3 Å². The second kappa shape index (κ2) is 8.22. The van der Waals surface area contributed by atoms with E-state index in [1.807, 2.05) is 5.38 Å². The fraction of sp³-hybridized carbons (Fsp3) is 0.238. The molecule has 0 saturated heterocycles. The van der Waals surface area contributed by atoms with Gasteiger partial charge in [0.15, 0.2) is 5.13 Å². The first-order chi connectivity index (χ1) is 13.0. The van der Waals surface area contributed by atoms with E-state index in [0.717, 1.165) is 11.3 Å². The van der Waals surface area contributed by atoms with Crippen molar-refractivity contribution in [3.63, 3.8) is 0 Å². The summed E-state index contributed by atoms with van der Waals surface area (Å²) >= 11 is 1.38. The second-order valence-electron chi connectivity index (χ2n) is 6.31. The van der Waals surface area contributed by atoms with Gasteiger partial charge in [0.1, 0.15) is 17.1 Å². The van der Waals surface area contributed by atoms with E-state index in [2.05, 4.69) is 48.4 Å². The van der Waals surface area contributed by atoms with Crippen LogP contribution in [0.5, 0.6) is 11.5 Å². The fourth-order valence-electron chi connectivity index (χ4n) is 2.74. The van der Waals surface area contributed by atoms with Crippen molar-refractivity contribution >= 4 is 22.4 Å². The van der Waals surface area contributed by atoms with Gasteiger partial charge < -0.3 is 9.47 Å². The first-order valence-corrected chi connectivity index (χ1v) is 9.49. The van der Waals surface area contributed by atoms with Gasteiger partial charge in [-0.15, -0.1) is 11.3 Å². The number of aromatic nitrogens is 1. The maximum atomic E-state index is 12.7. The van der Waals surface area contributed by atoms with Gasteiger partial charge in [0.25, 0.3) is 5.91 Å². The molecule has 0 fully saturated rings. The number of benzene rings is 2. The van der Waals surface area contributed by atoms with E-state index in [0.29, 0.717) is 28.1 Å². The van der Waals surface area contributed by atoms with Gasteiger partial charge in [0, 0.05) is 10.9 Å². The van der Waals surface area contributed by atoms with Crippen LogP contribution in [0.15, 0.2) is 47.8 Å². The predicted molar refractivity (Wildman–Crippen MR) is 109 cm³/mol. The van der Waals surface area contributed by atoms with E-state index in [1.165, 1.54) is 31.1 Å². The summed E-state index contributed by atoms with van der Waals surface area (Å²) in [6.07, 6.45) is 0. The molecular formula is C21H22N2O3S. The Kier molecular flexibility index (Phi) is 5.76. The van der Waals surface area contributed by atoms with Crippen LogP contribution in [-0.2, 0) is 0 Å². The van der Waals surface area contributed by atoms with Crippen molar-refractivity contribution in [2.75, 3.05) is 19.5 Å². The number of nitrogens with one attached hydrogen (secondary N) is 1. The molecule has 27 heavy (non-hydrogen) atoms. The average Bonchev–Trinajstić information content (AvgIpc) is 3.15. The lowest BCUT2D eigenvalue weighted by atomic mass is 10.0. The number of hydrogen-bond donors (Lipinski definition) is 1. The number of carbonyl (C=O) groups is 1. The molecule has 0 spiro atoms. The van der Waals surface area contributed by atoms with Crippen LogP contribution in [0.4, 0.5) is 5.13 Å². The molecular weight excluding hydrogens is 360 g/mol. The minimum atomic E-state index is -0.319. The Morgan fingerprint density at radius 1 is 1.04 bits per heavy atom. The summed E-state index contributed by atoms with van der Waals surface area (Å²) < 4.78 is 10.6. The Morgan fingerprint density at radius 2 is 1.67 bits per heavy atom. The maximum Gasteiger partial charge on any atom is 0.265 e. The number of ether oxygens (including phenoxy) is 2. The molecule has 1 N–H and O–H groups in total. The zero-order chi connectivity index (χ0) is 19.4. The maximum absolute atomic E-state index is 12.7. The van der Waals surface area contributed by atoms with Gasteiger partial charge in [-0.25, -0.2) is 4.98 Å². The minimum Gasteiger partial charge on any atom is -0.496 e. The van der Waals surface area contributed by atoms with Crippen molar-refractivity contribution in [2.24, 2.45) is 0 Å². The highest BCUT2D eigenvalue weighted by Crippen LogP contribution is 2.31. The van der Waals surface area contributed by atoms with Gasteiger partial charge >= 0.3 is 0 Å². The van der Waals surface area contributed by atoms with Crippen molar-refractivity contribution in [1.29, 1.82) is 0 Å². The number of methoxy groups -OCH3 is 2. The number of hydrogen-bond acceptors (Lipinski definition) is 5. The number of anilines is 1. The van der Waals surface area contributed by atoms with Crippen molar-refractivity contribution in [3.8, 4) is 22.8 Å². The Morgan fingerprint density at radius 3 is 2.22 bits per heavy atom. The quantitative estimate of drug-likeness (QED) is 0.636. The summed E-state index contributed by atoms with van der Waals surface area (Å²) in [7, 11) is 3.04. The summed E-state index contributed by atoms with van der Waals surface area (Å²) in [6.45, 7) is 4.33. The highest BCUT2D eigenvalue weighted by Gasteiger charge is 2.19. The van der Waals surface area contributed by atoms with Crippen LogP contribution in [0.25, 0.3) is 11.3 Å². The monoisotopic (exact) mass is 382 g/mol. The van der Waals surface area contributed by atoms with Crippen LogP contribution in [0, 0.1) is 0 Å². The van der Waals surface area contributed by atoms with E-state index in [9.17, 15) is 4.79 Å². The molecule has 0 bridgehead atoms. The highest BCUT2D eigenvalue weighted by atomic mass is 32.1. The Hall–Kier alpha value is -2.86. The molecule has 1 amide bonds. The summed E-state index contributed by atoms with van der Waals surface area (Å²) in [4.78, 5) is 17.3. The molecule has 3 aromatic rings. The predicted octanol–water partition coefficient (Wildman–Crippen LogP) is 5.20. The number of nitrogens with zero attached hydrogens (tertiary/aromatic N) is 1. The summed E-state index contributed by atoms with van der Waals surface area (Å²) in [5.74, 6) is 1.07. The van der Waals surface area contributed by atoms with Gasteiger partial charge in [-0.2, -0.15) is 0 Å². The third-order valence-electron chi connectivity index (χ3n) is 4.25. The van der Waals surface area contributed by atoms with E-state index < -0.39 is 0 Å². The van der Waals surface area contributed by atoms with Crippen LogP contribution in [0.2, 0.25) is 0 Å². The molecule has 0 radical (unpaired) electrons. The SMILES string of the molecule is COc1cccc(OC)c1C(=O)Nc1nc(-c2ccc(C(C)C)cc2)cs1. The molecule has 0 aliphatic rings.